The molecule has 1 aliphatic heterocycles. The molecule has 0 spiro atoms. The smallest absolute Gasteiger partial charge is 0.326 e. The normalized spacial score (nSPS) is 15.3. The Kier molecular flexibility index (Phi) is 12.0. The minimum Gasteiger partial charge on any atom is -0.480 e. The summed E-state index contributed by atoms with van der Waals surface area (Å²) >= 11 is 0. The van der Waals surface area contributed by atoms with Crippen molar-refractivity contribution in [1.82, 2.24) is 20.0 Å². The highest BCUT2D eigenvalue weighted by Crippen LogP contribution is 2.06. The zero-order valence-corrected chi connectivity index (χ0v) is 16.6. The van der Waals surface area contributed by atoms with Crippen molar-refractivity contribution in [3.63, 3.8) is 0 Å². The van der Waals surface area contributed by atoms with Crippen molar-refractivity contribution in [1.29, 1.82) is 0 Å². The summed E-state index contributed by atoms with van der Waals surface area (Å²) in [5.74, 6) is -3.09. The van der Waals surface area contributed by atoms with Gasteiger partial charge in [-0.15, -0.1) is 0 Å². The number of piperazine rings is 1. The Morgan fingerprint density at radius 1 is 1.07 bits per heavy atom. The minimum atomic E-state index is -1.32. The number of nitrogens with zero attached hydrogens (tertiary/aromatic N) is 3. The van der Waals surface area contributed by atoms with E-state index in [4.69, 9.17) is 10.2 Å². The molecule has 0 radical (unpaired) electrons. The van der Waals surface area contributed by atoms with E-state index in [2.05, 4.69) is 31.0 Å². The van der Waals surface area contributed by atoms with Gasteiger partial charge < -0.3 is 25.3 Å². The average Bonchev–Trinajstić information content (AvgIpc) is 2.65. The van der Waals surface area contributed by atoms with Crippen molar-refractivity contribution in [3.8, 4) is 0 Å². The maximum Gasteiger partial charge on any atom is 0.326 e. The van der Waals surface area contributed by atoms with Crippen molar-refractivity contribution in [2.24, 2.45) is 0 Å². The van der Waals surface area contributed by atoms with E-state index in [1.807, 2.05) is 0 Å². The number of amides is 4. The molecule has 27 heavy (non-hydrogen) atoms. The fraction of sp³-hybridized carbons (Fsp3) is 0.765. The van der Waals surface area contributed by atoms with Gasteiger partial charge >= 0.3 is 23.8 Å². The van der Waals surface area contributed by atoms with Crippen molar-refractivity contribution < 1.29 is 29.4 Å². The van der Waals surface area contributed by atoms with Crippen LogP contribution in [0.15, 0.2) is 0 Å². The SMILES string of the molecule is CCN(CC)CC.CCN1CCN(C(=O)N[C@H](CCO)C(=O)O)C(=O)C1=O. The van der Waals surface area contributed by atoms with Gasteiger partial charge in [0.15, 0.2) is 0 Å². The first kappa shape index (κ1) is 24.8. The van der Waals surface area contributed by atoms with E-state index >= 15 is 0 Å². The van der Waals surface area contributed by atoms with Gasteiger partial charge in [0.2, 0.25) is 0 Å². The molecule has 1 saturated heterocycles. The van der Waals surface area contributed by atoms with Crippen LogP contribution in [0, 0.1) is 0 Å². The molecule has 1 aliphatic rings. The Balaban J connectivity index is 0.000000821. The number of imide groups is 1. The zero-order valence-electron chi connectivity index (χ0n) is 16.6. The number of aliphatic hydroxyl groups excluding tert-OH is 1. The predicted octanol–water partition coefficient (Wildman–Crippen LogP) is -0.430. The summed E-state index contributed by atoms with van der Waals surface area (Å²) in [5, 5.41) is 19.7. The number of carboxylic acids is 1. The number of nitrogens with one attached hydrogen (secondary N) is 1. The molecule has 0 aliphatic carbocycles. The lowest BCUT2D eigenvalue weighted by atomic mass is 10.2. The molecule has 0 aromatic carbocycles. The van der Waals surface area contributed by atoms with Crippen LogP contribution in [0.2, 0.25) is 0 Å². The standard InChI is InChI=1S/C11H17N3O6.C6H15N/c1-2-13-4-5-14(9(17)8(13)16)11(20)12-7(3-6-15)10(18)19;1-4-7(5-2)6-3/h7,15H,2-6H2,1H3,(H,12,20)(H,18,19);4-6H2,1-3H3/t7-;/m1./s1. The first-order valence-electron chi connectivity index (χ1n) is 9.24. The molecule has 1 fully saturated rings. The summed E-state index contributed by atoms with van der Waals surface area (Å²) in [7, 11) is 0. The van der Waals surface area contributed by atoms with E-state index < -0.39 is 36.5 Å². The highest BCUT2D eigenvalue weighted by atomic mass is 16.4. The molecule has 156 valence electrons. The molecule has 10 heteroatoms. The second-order valence-electron chi connectivity index (χ2n) is 5.81. The number of carbonyl (C=O) groups is 4. The van der Waals surface area contributed by atoms with Gasteiger partial charge in [0.1, 0.15) is 6.04 Å². The Hall–Kier alpha value is -2.20. The fourth-order valence-corrected chi connectivity index (χ4v) is 2.45. The van der Waals surface area contributed by atoms with Gasteiger partial charge in [-0.25, -0.2) is 9.59 Å². The van der Waals surface area contributed by atoms with E-state index in [-0.39, 0.29) is 19.5 Å². The average molecular weight is 388 g/mol. The molecule has 1 rings (SSSR count). The molecule has 4 amide bonds. The molecule has 1 atom stereocenters. The number of carboxylic acid groups (broad SMARTS) is 1. The van der Waals surface area contributed by atoms with Crippen LogP contribution >= 0.6 is 0 Å². The number of hydrogen-bond acceptors (Lipinski definition) is 6. The number of urea groups is 1. The van der Waals surface area contributed by atoms with Crippen molar-refractivity contribution in [3.05, 3.63) is 0 Å². The van der Waals surface area contributed by atoms with Crippen LogP contribution in [0.1, 0.15) is 34.1 Å². The molecule has 3 N–H and O–H groups in total. The number of likely N-dealkylation sites (N-methyl/N-ethyl adjacent to an activating group) is 1. The van der Waals surface area contributed by atoms with E-state index in [9.17, 15) is 19.2 Å². The van der Waals surface area contributed by atoms with Gasteiger partial charge in [-0.1, -0.05) is 20.8 Å². The molecule has 10 nitrogen and oxygen atoms in total. The topological polar surface area (TPSA) is 130 Å². The number of rotatable bonds is 8. The number of hydrogen-bond donors (Lipinski definition) is 3. The quantitative estimate of drug-likeness (QED) is 0.481. The highest BCUT2D eigenvalue weighted by Gasteiger charge is 2.36. The van der Waals surface area contributed by atoms with Crippen LogP contribution in [0.5, 0.6) is 0 Å². The van der Waals surface area contributed by atoms with E-state index in [1.54, 1.807) is 6.92 Å². The Morgan fingerprint density at radius 2 is 1.63 bits per heavy atom. The summed E-state index contributed by atoms with van der Waals surface area (Å²) in [5.41, 5.74) is 0. The lowest BCUT2D eigenvalue weighted by Crippen LogP contribution is -2.59. The highest BCUT2D eigenvalue weighted by molar-refractivity contribution is 6.38. The van der Waals surface area contributed by atoms with Crippen LogP contribution in [0.3, 0.4) is 0 Å². The van der Waals surface area contributed by atoms with Gasteiger partial charge in [0.25, 0.3) is 0 Å². The fourth-order valence-electron chi connectivity index (χ4n) is 2.45. The molecular formula is C17H32N4O6. The maximum absolute atomic E-state index is 11.8. The van der Waals surface area contributed by atoms with Crippen LogP contribution in [0.25, 0.3) is 0 Å². The van der Waals surface area contributed by atoms with Gasteiger partial charge in [-0.05, 0) is 26.6 Å². The third-order valence-electron chi connectivity index (χ3n) is 4.29. The van der Waals surface area contributed by atoms with Gasteiger partial charge in [0.05, 0.1) is 0 Å². The molecule has 0 saturated carbocycles. The zero-order chi connectivity index (χ0) is 21.0. The summed E-state index contributed by atoms with van der Waals surface area (Å²) in [6.07, 6.45) is -0.182. The lowest BCUT2D eigenvalue weighted by Gasteiger charge is -2.32. The molecule has 0 unspecified atom stereocenters. The third kappa shape index (κ3) is 7.92. The summed E-state index contributed by atoms with van der Waals surface area (Å²) < 4.78 is 0. The number of aliphatic carboxylic acids is 1. The third-order valence-corrected chi connectivity index (χ3v) is 4.29. The maximum atomic E-state index is 11.8. The predicted molar refractivity (Wildman–Crippen MR) is 99.1 cm³/mol. The Labute approximate surface area is 160 Å². The number of carbonyl (C=O) groups excluding carboxylic acids is 3. The van der Waals surface area contributed by atoms with E-state index in [0.29, 0.717) is 11.4 Å². The Morgan fingerprint density at radius 3 is 2.00 bits per heavy atom. The van der Waals surface area contributed by atoms with Crippen LogP contribution in [-0.2, 0) is 14.4 Å². The number of aliphatic hydroxyl groups is 1. The van der Waals surface area contributed by atoms with E-state index in [1.165, 1.54) is 24.5 Å². The first-order valence-corrected chi connectivity index (χ1v) is 9.24. The summed E-state index contributed by atoms with van der Waals surface area (Å²) in [4.78, 5) is 50.4. The monoisotopic (exact) mass is 388 g/mol. The Bertz CT molecular complexity index is 504. The largest absolute Gasteiger partial charge is 0.480 e. The van der Waals surface area contributed by atoms with Crippen molar-refractivity contribution >= 4 is 23.8 Å². The molecule has 0 bridgehead atoms. The van der Waals surface area contributed by atoms with Gasteiger partial charge in [-0.2, -0.15) is 0 Å². The molecule has 1 heterocycles. The van der Waals surface area contributed by atoms with Crippen molar-refractivity contribution in [2.45, 2.75) is 40.2 Å². The molecule has 0 aromatic heterocycles. The first-order chi connectivity index (χ1) is 12.8. The van der Waals surface area contributed by atoms with Gasteiger partial charge in [0, 0.05) is 32.7 Å². The minimum absolute atomic E-state index is 0.00963. The second kappa shape index (κ2) is 13.0. The summed E-state index contributed by atoms with van der Waals surface area (Å²) in [6.45, 7) is 12.0. The van der Waals surface area contributed by atoms with Crippen LogP contribution in [-0.4, -0.2) is 101 Å². The second-order valence-corrected chi connectivity index (χ2v) is 5.81. The summed E-state index contributed by atoms with van der Waals surface area (Å²) in [6, 6.07) is -2.25. The lowest BCUT2D eigenvalue weighted by molar-refractivity contribution is -0.153. The molecular weight excluding hydrogens is 356 g/mol. The van der Waals surface area contributed by atoms with Crippen LogP contribution < -0.4 is 5.32 Å². The molecule has 0 aromatic rings. The van der Waals surface area contributed by atoms with Gasteiger partial charge in [-0.3, -0.25) is 14.5 Å². The van der Waals surface area contributed by atoms with E-state index in [0.717, 1.165) is 0 Å². The van der Waals surface area contributed by atoms with Crippen molar-refractivity contribution in [2.75, 3.05) is 45.9 Å². The van der Waals surface area contributed by atoms with Crippen LogP contribution in [0.4, 0.5) is 4.79 Å².